The van der Waals surface area contributed by atoms with Crippen molar-refractivity contribution in [3.63, 3.8) is 0 Å². The van der Waals surface area contributed by atoms with E-state index < -0.39 is 0 Å². The van der Waals surface area contributed by atoms with E-state index in [0.29, 0.717) is 6.04 Å². The zero-order valence-electron chi connectivity index (χ0n) is 16.0. The predicted octanol–water partition coefficient (Wildman–Crippen LogP) is 3.73. The molecule has 1 atom stereocenters. The smallest absolute Gasteiger partial charge is 0.191 e. The van der Waals surface area contributed by atoms with Crippen LogP contribution >= 0.6 is 11.3 Å². The lowest BCUT2D eigenvalue weighted by atomic mass is 9.79. The Labute approximate surface area is 151 Å². The van der Waals surface area contributed by atoms with Crippen molar-refractivity contribution >= 4 is 17.3 Å². The van der Waals surface area contributed by atoms with Gasteiger partial charge in [-0.15, -0.1) is 11.3 Å². The first-order valence-corrected chi connectivity index (χ1v) is 10.0. The van der Waals surface area contributed by atoms with Crippen molar-refractivity contribution in [3.8, 4) is 0 Å². The second-order valence-electron chi connectivity index (χ2n) is 6.64. The van der Waals surface area contributed by atoms with E-state index in [4.69, 9.17) is 4.99 Å². The SMILES string of the molecule is CCNC(=NCC(CC)(CC)CCO)NC(C)Cc1ccc(C)s1. The molecule has 0 bridgehead atoms. The summed E-state index contributed by atoms with van der Waals surface area (Å²) in [6.45, 7) is 12.6. The summed E-state index contributed by atoms with van der Waals surface area (Å²) >= 11 is 1.86. The molecule has 4 nitrogen and oxygen atoms in total. The fourth-order valence-electron chi connectivity index (χ4n) is 2.89. The summed E-state index contributed by atoms with van der Waals surface area (Å²) in [5.41, 5.74) is 0.102. The third kappa shape index (κ3) is 6.81. The molecule has 0 aromatic carbocycles. The van der Waals surface area contributed by atoms with Gasteiger partial charge in [-0.1, -0.05) is 13.8 Å². The lowest BCUT2D eigenvalue weighted by Crippen LogP contribution is -2.43. The standard InChI is InChI=1S/C19H35N3OS/c1-6-19(7-2,11-12-23)14-21-18(20-8-3)22-15(4)13-17-10-9-16(5)24-17/h9-10,15,23H,6-8,11-14H2,1-5H3,(H2,20,21,22). The third-order valence-corrected chi connectivity index (χ3v) is 5.77. The Hall–Kier alpha value is -1.07. The van der Waals surface area contributed by atoms with Crippen molar-refractivity contribution in [1.29, 1.82) is 0 Å². The summed E-state index contributed by atoms with van der Waals surface area (Å²) < 4.78 is 0. The van der Waals surface area contributed by atoms with Crippen LogP contribution in [0.4, 0.5) is 0 Å². The Balaban J connectivity index is 2.69. The molecule has 3 N–H and O–H groups in total. The monoisotopic (exact) mass is 353 g/mol. The lowest BCUT2D eigenvalue weighted by Gasteiger charge is -2.30. The van der Waals surface area contributed by atoms with Crippen molar-refractivity contribution < 1.29 is 5.11 Å². The van der Waals surface area contributed by atoms with Crippen LogP contribution in [-0.2, 0) is 6.42 Å². The van der Waals surface area contributed by atoms with Gasteiger partial charge in [0.15, 0.2) is 5.96 Å². The van der Waals surface area contributed by atoms with Gasteiger partial charge in [-0.25, -0.2) is 0 Å². The number of aliphatic hydroxyl groups is 1. The van der Waals surface area contributed by atoms with Crippen molar-refractivity contribution in [2.24, 2.45) is 10.4 Å². The fourth-order valence-corrected chi connectivity index (χ4v) is 3.91. The van der Waals surface area contributed by atoms with E-state index in [0.717, 1.165) is 44.7 Å². The molecule has 0 fully saturated rings. The van der Waals surface area contributed by atoms with Gasteiger partial charge in [-0.2, -0.15) is 0 Å². The fraction of sp³-hybridized carbons (Fsp3) is 0.737. The van der Waals surface area contributed by atoms with Gasteiger partial charge in [-0.3, -0.25) is 4.99 Å². The first kappa shape index (κ1) is 21.0. The van der Waals surface area contributed by atoms with Gasteiger partial charge in [0, 0.05) is 41.9 Å². The molecule has 0 saturated heterocycles. The number of nitrogens with zero attached hydrogens (tertiary/aromatic N) is 1. The molecule has 0 amide bonds. The normalized spacial score (nSPS) is 13.8. The maximum Gasteiger partial charge on any atom is 0.191 e. The number of aryl methyl sites for hydroxylation is 1. The Bertz CT molecular complexity index is 495. The average molecular weight is 354 g/mol. The maximum atomic E-state index is 9.37. The molecule has 5 heteroatoms. The number of rotatable bonds is 10. The van der Waals surface area contributed by atoms with Crippen LogP contribution in [0.25, 0.3) is 0 Å². The topological polar surface area (TPSA) is 56.7 Å². The number of aliphatic hydroxyl groups excluding tert-OH is 1. The van der Waals surface area contributed by atoms with Gasteiger partial charge in [0.05, 0.1) is 0 Å². The van der Waals surface area contributed by atoms with Gasteiger partial charge in [0.1, 0.15) is 0 Å². The van der Waals surface area contributed by atoms with Gasteiger partial charge < -0.3 is 15.7 Å². The Morgan fingerprint density at radius 1 is 1.29 bits per heavy atom. The molecule has 0 aliphatic heterocycles. The van der Waals surface area contributed by atoms with Crippen molar-refractivity contribution in [3.05, 3.63) is 21.9 Å². The van der Waals surface area contributed by atoms with Crippen LogP contribution < -0.4 is 10.6 Å². The van der Waals surface area contributed by atoms with E-state index in [1.165, 1.54) is 9.75 Å². The van der Waals surface area contributed by atoms with E-state index in [1.807, 2.05) is 11.3 Å². The molecular weight excluding hydrogens is 318 g/mol. The van der Waals surface area contributed by atoms with Crippen LogP contribution in [-0.4, -0.2) is 36.8 Å². The molecule has 1 rings (SSSR count). The number of nitrogens with one attached hydrogen (secondary N) is 2. The first-order chi connectivity index (χ1) is 11.5. The Morgan fingerprint density at radius 2 is 2.00 bits per heavy atom. The van der Waals surface area contributed by atoms with Gasteiger partial charge in [0.25, 0.3) is 0 Å². The van der Waals surface area contributed by atoms with Crippen LogP contribution in [0.1, 0.15) is 56.7 Å². The van der Waals surface area contributed by atoms with Crippen molar-refractivity contribution in [2.75, 3.05) is 19.7 Å². The number of thiophene rings is 1. The summed E-state index contributed by atoms with van der Waals surface area (Å²) in [5, 5.41) is 16.2. The van der Waals surface area contributed by atoms with E-state index >= 15 is 0 Å². The molecule has 1 aromatic heterocycles. The molecule has 24 heavy (non-hydrogen) atoms. The highest BCUT2D eigenvalue weighted by Crippen LogP contribution is 2.30. The number of aliphatic imine (C=N–C) groups is 1. The molecule has 0 spiro atoms. The maximum absolute atomic E-state index is 9.37. The molecule has 1 aromatic rings. The summed E-state index contributed by atoms with van der Waals surface area (Å²) in [5.74, 6) is 0.877. The molecular formula is C19H35N3OS. The van der Waals surface area contributed by atoms with Crippen LogP contribution in [0.5, 0.6) is 0 Å². The van der Waals surface area contributed by atoms with Gasteiger partial charge in [-0.05, 0) is 57.6 Å². The predicted molar refractivity (Wildman–Crippen MR) is 106 cm³/mol. The summed E-state index contributed by atoms with van der Waals surface area (Å²) in [7, 11) is 0. The zero-order chi connectivity index (χ0) is 18.0. The molecule has 0 radical (unpaired) electrons. The molecule has 0 aliphatic rings. The second kappa shape index (κ2) is 10.7. The molecule has 0 saturated carbocycles. The van der Waals surface area contributed by atoms with Crippen LogP contribution in [0, 0.1) is 12.3 Å². The van der Waals surface area contributed by atoms with Crippen LogP contribution in [0.2, 0.25) is 0 Å². The van der Waals surface area contributed by atoms with E-state index in [1.54, 1.807) is 0 Å². The van der Waals surface area contributed by atoms with E-state index in [2.05, 4.69) is 57.4 Å². The minimum atomic E-state index is 0.102. The highest BCUT2D eigenvalue weighted by molar-refractivity contribution is 7.11. The quantitative estimate of drug-likeness (QED) is 0.444. The van der Waals surface area contributed by atoms with E-state index in [9.17, 15) is 5.11 Å². The van der Waals surface area contributed by atoms with Crippen molar-refractivity contribution in [1.82, 2.24) is 10.6 Å². The number of hydrogen-bond donors (Lipinski definition) is 3. The highest BCUT2D eigenvalue weighted by Gasteiger charge is 2.25. The van der Waals surface area contributed by atoms with E-state index in [-0.39, 0.29) is 12.0 Å². The van der Waals surface area contributed by atoms with Crippen LogP contribution in [0.15, 0.2) is 17.1 Å². The molecule has 1 heterocycles. The zero-order valence-corrected chi connectivity index (χ0v) is 16.8. The number of hydrogen-bond acceptors (Lipinski definition) is 3. The second-order valence-corrected chi connectivity index (χ2v) is 8.01. The first-order valence-electron chi connectivity index (χ1n) is 9.19. The lowest BCUT2D eigenvalue weighted by molar-refractivity contribution is 0.175. The largest absolute Gasteiger partial charge is 0.396 e. The minimum absolute atomic E-state index is 0.102. The molecule has 0 aliphatic carbocycles. The molecule has 138 valence electrons. The Kier molecular flexibility index (Phi) is 9.37. The minimum Gasteiger partial charge on any atom is -0.396 e. The summed E-state index contributed by atoms with van der Waals surface area (Å²) in [4.78, 5) is 7.58. The summed E-state index contributed by atoms with van der Waals surface area (Å²) in [6.07, 6.45) is 3.90. The van der Waals surface area contributed by atoms with Crippen LogP contribution in [0.3, 0.4) is 0 Å². The molecule has 1 unspecified atom stereocenters. The third-order valence-electron chi connectivity index (χ3n) is 4.75. The number of guanidine groups is 1. The summed E-state index contributed by atoms with van der Waals surface area (Å²) in [6, 6.07) is 4.72. The van der Waals surface area contributed by atoms with Gasteiger partial charge >= 0.3 is 0 Å². The average Bonchev–Trinajstić information content (AvgIpc) is 2.96. The highest BCUT2D eigenvalue weighted by atomic mass is 32.1. The Morgan fingerprint density at radius 3 is 2.50 bits per heavy atom. The van der Waals surface area contributed by atoms with Gasteiger partial charge in [0.2, 0.25) is 0 Å². The van der Waals surface area contributed by atoms with Crippen molar-refractivity contribution in [2.45, 2.75) is 66.3 Å².